The highest BCUT2D eigenvalue weighted by atomic mass is 16.6. The molecule has 2 rings (SSSR count). The Morgan fingerprint density at radius 3 is 2.90 bits per heavy atom. The van der Waals surface area contributed by atoms with Gasteiger partial charge in [-0.2, -0.15) is 5.10 Å². The molecule has 0 unspecified atom stereocenters. The molecule has 2 N–H and O–H groups in total. The Morgan fingerprint density at radius 1 is 1.50 bits per heavy atom. The van der Waals surface area contributed by atoms with Crippen molar-refractivity contribution in [3.63, 3.8) is 0 Å². The number of nitro groups is 1. The first kappa shape index (κ1) is 13.8. The SMILES string of the molecule is CC(C)Oc1cc(NCc2ncn[nH]2)ccc1[N+](=O)[O-]. The predicted molar refractivity (Wildman–Crippen MR) is 72.6 cm³/mol. The van der Waals surface area contributed by atoms with Crippen LogP contribution in [0.15, 0.2) is 24.5 Å². The van der Waals surface area contributed by atoms with Crippen molar-refractivity contribution in [2.24, 2.45) is 0 Å². The van der Waals surface area contributed by atoms with E-state index < -0.39 is 4.92 Å². The minimum absolute atomic E-state index is 0.0519. The van der Waals surface area contributed by atoms with Crippen molar-refractivity contribution in [2.45, 2.75) is 26.5 Å². The van der Waals surface area contributed by atoms with Gasteiger partial charge < -0.3 is 10.1 Å². The van der Waals surface area contributed by atoms with Crippen LogP contribution in [-0.4, -0.2) is 26.2 Å². The molecule has 8 heteroatoms. The Kier molecular flexibility index (Phi) is 4.14. The molecule has 0 aliphatic heterocycles. The number of aromatic nitrogens is 3. The van der Waals surface area contributed by atoms with Gasteiger partial charge in [0, 0.05) is 17.8 Å². The summed E-state index contributed by atoms with van der Waals surface area (Å²) in [6, 6.07) is 4.65. The summed E-state index contributed by atoms with van der Waals surface area (Å²) in [7, 11) is 0. The lowest BCUT2D eigenvalue weighted by atomic mass is 10.2. The molecule has 0 aliphatic carbocycles. The molecule has 1 aromatic carbocycles. The van der Waals surface area contributed by atoms with E-state index >= 15 is 0 Å². The van der Waals surface area contributed by atoms with Crippen molar-refractivity contribution in [1.29, 1.82) is 0 Å². The van der Waals surface area contributed by atoms with Crippen molar-refractivity contribution < 1.29 is 9.66 Å². The van der Waals surface area contributed by atoms with Gasteiger partial charge in [0.2, 0.25) is 0 Å². The Morgan fingerprint density at radius 2 is 2.30 bits per heavy atom. The number of nitrogens with zero attached hydrogens (tertiary/aromatic N) is 3. The van der Waals surface area contributed by atoms with E-state index in [9.17, 15) is 10.1 Å². The number of anilines is 1. The Balaban J connectivity index is 2.15. The maximum absolute atomic E-state index is 10.9. The van der Waals surface area contributed by atoms with Gasteiger partial charge in [0.05, 0.1) is 17.6 Å². The summed E-state index contributed by atoms with van der Waals surface area (Å²) in [4.78, 5) is 14.5. The molecule has 0 spiro atoms. The van der Waals surface area contributed by atoms with E-state index in [1.165, 1.54) is 12.4 Å². The molecule has 1 heterocycles. The van der Waals surface area contributed by atoms with Gasteiger partial charge in [-0.3, -0.25) is 15.2 Å². The van der Waals surface area contributed by atoms with E-state index in [1.807, 2.05) is 13.8 Å². The number of ether oxygens (including phenoxy) is 1. The average molecular weight is 277 g/mol. The first-order chi connectivity index (χ1) is 9.56. The van der Waals surface area contributed by atoms with Crippen molar-refractivity contribution in [3.05, 3.63) is 40.5 Å². The van der Waals surface area contributed by atoms with Crippen molar-refractivity contribution >= 4 is 11.4 Å². The molecule has 2 aromatic rings. The molecule has 0 saturated carbocycles. The number of hydrogen-bond acceptors (Lipinski definition) is 6. The molecule has 0 atom stereocenters. The van der Waals surface area contributed by atoms with Crippen molar-refractivity contribution in [1.82, 2.24) is 15.2 Å². The first-order valence-corrected chi connectivity index (χ1v) is 6.09. The number of nitrogens with one attached hydrogen (secondary N) is 2. The van der Waals surface area contributed by atoms with Gasteiger partial charge in [0.25, 0.3) is 0 Å². The summed E-state index contributed by atoms with van der Waals surface area (Å²) in [6.45, 7) is 4.08. The lowest BCUT2D eigenvalue weighted by Gasteiger charge is -2.12. The van der Waals surface area contributed by atoms with Crippen molar-refractivity contribution in [2.75, 3.05) is 5.32 Å². The quantitative estimate of drug-likeness (QED) is 0.618. The van der Waals surface area contributed by atoms with Crippen LogP contribution in [0, 0.1) is 10.1 Å². The summed E-state index contributed by atoms with van der Waals surface area (Å²) in [5.41, 5.74) is 0.659. The van der Waals surface area contributed by atoms with E-state index in [2.05, 4.69) is 20.5 Å². The fourth-order valence-electron chi connectivity index (χ4n) is 1.63. The van der Waals surface area contributed by atoms with E-state index in [0.29, 0.717) is 18.1 Å². The summed E-state index contributed by atoms with van der Waals surface area (Å²) < 4.78 is 5.47. The highest BCUT2D eigenvalue weighted by Gasteiger charge is 2.16. The number of aromatic amines is 1. The summed E-state index contributed by atoms with van der Waals surface area (Å²) >= 11 is 0. The molecule has 0 saturated heterocycles. The van der Waals surface area contributed by atoms with Crippen molar-refractivity contribution in [3.8, 4) is 5.75 Å². The zero-order valence-corrected chi connectivity index (χ0v) is 11.2. The van der Waals surface area contributed by atoms with Crippen LogP contribution in [0.5, 0.6) is 5.75 Å². The third kappa shape index (κ3) is 3.44. The maximum atomic E-state index is 10.9. The standard InChI is InChI=1S/C12H15N5O3/c1-8(2)20-11-5-9(3-4-10(11)17(18)19)13-6-12-14-7-15-16-12/h3-5,7-8,13H,6H2,1-2H3,(H,14,15,16). The number of hydrogen-bond donors (Lipinski definition) is 2. The molecular weight excluding hydrogens is 262 g/mol. The molecule has 1 aromatic heterocycles. The second-order valence-corrected chi connectivity index (χ2v) is 4.39. The van der Waals surface area contributed by atoms with Gasteiger partial charge in [-0.15, -0.1) is 0 Å². The van der Waals surface area contributed by atoms with Gasteiger partial charge in [0.15, 0.2) is 5.75 Å². The van der Waals surface area contributed by atoms with Crippen LogP contribution in [0.2, 0.25) is 0 Å². The van der Waals surface area contributed by atoms with Gasteiger partial charge in [-0.25, -0.2) is 4.98 Å². The van der Waals surface area contributed by atoms with Gasteiger partial charge >= 0.3 is 5.69 Å². The zero-order chi connectivity index (χ0) is 14.5. The molecule has 106 valence electrons. The van der Waals surface area contributed by atoms with Gasteiger partial charge in [0.1, 0.15) is 12.2 Å². The minimum atomic E-state index is -0.460. The third-order valence-electron chi connectivity index (χ3n) is 2.44. The Hall–Kier alpha value is -2.64. The molecule has 0 bridgehead atoms. The molecule has 0 amide bonds. The summed E-state index contributed by atoms with van der Waals surface area (Å²) in [6.07, 6.45) is 1.28. The van der Waals surface area contributed by atoms with E-state index in [0.717, 1.165) is 0 Å². The topological polar surface area (TPSA) is 106 Å². The Bertz CT molecular complexity index is 583. The highest BCUT2D eigenvalue weighted by molar-refractivity contribution is 5.58. The number of benzene rings is 1. The second kappa shape index (κ2) is 6.00. The van der Waals surface area contributed by atoms with Crippen LogP contribution in [-0.2, 0) is 6.54 Å². The minimum Gasteiger partial charge on any atom is -0.484 e. The number of rotatable bonds is 6. The molecule has 0 fully saturated rings. The maximum Gasteiger partial charge on any atom is 0.311 e. The molecule has 20 heavy (non-hydrogen) atoms. The molecular formula is C12H15N5O3. The number of H-pyrrole nitrogens is 1. The first-order valence-electron chi connectivity index (χ1n) is 6.09. The average Bonchev–Trinajstić information content (AvgIpc) is 2.88. The lowest BCUT2D eigenvalue weighted by molar-refractivity contribution is -0.386. The van der Waals surface area contributed by atoms with Crippen LogP contribution in [0.4, 0.5) is 11.4 Å². The smallest absolute Gasteiger partial charge is 0.311 e. The van der Waals surface area contributed by atoms with Gasteiger partial charge in [-0.05, 0) is 19.9 Å². The fraction of sp³-hybridized carbons (Fsp3) is 0.333. The largest absolute Gasteiger partial charge is 0.484 e. The monoisotopic (exact) mass is 277 g/mol. The van der Waals surface area contributed by atoms with Crippen LogP contribution in [0.25, 0.3) is 0 Å². The van der Waals surface area contributed by atoms with Crippen LogP contribution < -0.4 is 10.1 Å². The molecule has 0 radical (unpaired) electrons. The molecule has 8 nitrogen and oxygen atoms in total. The number of nitro benzene ring substituents is 1. The zero-order valence-electron chi connectivity index (χ0n) is 11.2. The van der Waals surface area contributed by atoms with Crippen LogP contribution in [0.3, 0.4) is 0 Å². The van der Waals surface area contributed by atoms with E-state index in [-0.39, 0.29) is 17.5 Å². The van der Waals surface area contributed by atoms with E-state index in [4.69, 9.17) is 4.74 Å². The van der Waals surface area contributed by atoms with E-state index in [1.54, 1.807) is 12.1 Å². The summed E-state index contributed by atoms with van der Waals surface area (Å²) in [5, 5.41) is 20.5. The summed E-state index contributed by atoms with van der Waals surface area (Å²) in [5.74, 6) is 0.919. The predicted octanol–water partition coefficient (Wildman–Crippen LogP) is 2.11. The van der Waals surface area contributed by atoms with Gasteiger partial charge in [-0.1, -0.05) is 0 Å². The Labute approximate surface area is 115 Å². The highest BCUT2D eigenvalue weighted by Crippen LogP contribution is 2.31. The third-order valence-corrected chi connectivity index (χ3v) is 2.44. The molecule has 0 aliphatic rings. The fourth-order valence-corrected chi connectivity index (χ4v) is 1.63. The lowest BCUT2D eigenvalue weighted by Crippen LogP contribution is -2.08. The van der Waals surface area contributed by atoms with Crippen LogP contribution >= 0.6 is 0 Å². The van der Waals surface area contributed by atoms with Crippen LogP contribution in [0.1, 0.15) is 19.7 Å². The normalized spacial score (nSPS) is 10.6. The second-order valence-electron chi connectivity index (χ2n) is 4.39.